The van der Waals surface area contributed by atoms with Crippen molar-refractivity contribution in [2.75, 3.05) is 26.4 Å². The highest BCUT2D eigenvalue weighted by molar-refractivity contribution is 7.47. The van der Waals surface area contributed by atoms with Gasteiger partial charge in [-0.05, 0) is 64.2 Å². The number of ether oxygens (including phenoxy) is 3. The van der Waals surface area contributed by atoms with Gasteiger partial charge in [0.1, 0.15) is 12.7 Å². The number of aliphatic hydroxyl groups is 1. The second-order valence-corrected chi connectivity index (χ2v) is 19.8. The molecule has 388 valence electrons. The molecule has 0 heterocycles. The van der Waals surface area contributed by atoms with E-state index in [1.54, 1.807) is 0 Å². The molecule has 0 aliphatic heterocycles. The van der Waals surface area contributed by atoms with E-state index in [1.807, 2.05) is 0 Å². The largest absolute Gasteiger partial charge is 0.472 e. The van der Waals surface area contributed by atoms with Gasteiger partial charge >= 0.3 is 25.7 Å². The molecule has 0 rings (SSSR count). The van der Waals surface area contributed by atoms with Crippen molar-refractivity contribution in [3.63, 3.8) is 0 Å². The predicted molar refractivity (Wildman–Crippen MR) is 270 cm³/mol. The molecule has 0 spiro atoms. The van der Waals surface area contributed by atoms with Crippen LogP contribution in [0.15, 0.2) is 24.3 Å². The zero-order valence-corrected chi connectivity index (χ0v) is 43.6. The van der Waals surface area contributed by atoms with E-state index in [4.69, 9.17) is 23.3 Å². The number of carbonyl (C=O) groups excluding carboxylic acids is 3. The van der Waals surface area contributed by atoms with Crippen molar-refractivity contribution >= 4 is 25.7 Å². The van der Waals surface area contributed by atoms with Crippen LogP contribution in [0.25, 0.3) is 0 Å². The molecule has 66 heavy (non-hydrogen) atoms. The van der Waals surface area contributed by atoms with Gasteiger partial charge in [0.2, 0.25) is 0 Å². The Balaban J connectivity index is 4.70. The Morgan fingerprint density at radius 2 is 0.712 bits per heavy atom. The van der Waals surface area contributed by atoms with Crippen LogP contribution in [0.3, 0.4) is 0 Å². The molecule has 3 atom stereocenters. The molecule has 0 amide bonds. The van der Waals surface area contributed by atoms with Crippen LogP contribution in [0, 0.1) is 0 Å². The summed E-state index contributed by atoms with van der Waals surface area (Å²) in [5.74, 6) is -1.46. The fraction of sp³-hybridized carbons (Fsp3) is 0.870. The molecule has 11 nitrogen and oxygen atoms in total. The van der Waals surface area contributed by atoms with E-state index < -0.39 is 57.8 Å². The topological polar surface area (TPSA) is 155 Å². The van der Waals surface area contributed by atoms with Gasteiger partial charge in [0.25, 0.3) is 0 Å². The molecule has 12 heteroatoms. The molecule has 0 saturated carbocycles. The summed E-state index contributed by atoms with van der Waals surface area (Å²) in [6.07, 6.45) is 47.1. The molecule has 0 saturated heterocycles. The molecule has 0 fully saturated rings. The van der Waals surface area contributed by atoms with E-state index in [2.05, 4.69) is 45.1 Å². The summed E-state index contributed by atoms with van der Waals surface area (Å²) < 4.78 is 39.4. The number of unbranched alkanes of at least 4 members (excludes halogenated alkanes) is 30. The normalized spacial score (nSPS) is 13.6. The number of hydrogen-bond acceptors (Lipinski definition) is 10. The van der Waals surface area contributed by atoms with Gasteiger partial charge in [-0.1, -0.05) is 206 Å². The Morgan fingerprint density at radius 3 is 1.09 bits per heavy atom. The Morgan fingerprint density at radius 1 is 0.409 bits per heavy atom. The Bertz CT molecular complexity index is 1210. The number of rotatable bonds is 51. The maximum Gasteiger partial charge on any atom is 0.472 e. The van der Waals surface area contributed by atoms with Gasteiger partial charge in [-0.3, -0.25) is 23.4 Å². The van der Waals surface area contributed by atoms with Gasteiger partial charge in [-0.15, -0.1) is 0 Å². The molecule has 0 radical (unpaired) electrons. The summed E-state index contributed by atoms with van der Waals surface area (Å²) in [5, 5.41) is 9.76. The molecule has 0 aliphatic carbocycles. The van der Waals surface area contributed by atoms with Crippen LogP contribution < -0.4 is 0 Å². The Labute approximate surface area is 404 Å². The summed E-state index contributed by atoms with van der Waals surface area (Å²) in [6.45, 7) is 4.60. The van der Waals surface area contributed by atoms with Crippen LogP contribution in [0.4, 0.5) is 0 Å². The highest BCUT2D eigenvalue weighted by Gasteiger charge is 2.28. The zero-order chi connectivity index (χ0) is 48.4. The zero-order valence-electron chi connectivity index (χ0n) is 42.7. The number of allylic oxidation sites excluding steroid dienone is 4. The highest BCUT2D eigenvalue weighted by atomic mass is 31.2. The van der Waals surface area contributed by atoms with Gasteiger partial charge in [0, 0.05) is 19.3 Å². The van der Waals surface area contributed by atoms with Crippen LogP contribution in [-0.2, 0) is 42.2 Å². The number of hydrogen-bond donors (Lipinski definition) is 2. The standard InChI is InChI=1S/C54H101O11P/c1-4-7-10-13-16-19-22-23-24-25-26-27-30-33-36-39-42-45-54(58)65-51(47-61-52(56)43-40-37-34-31-28-20-17-14-11-8-5-2)49-63-66(59,60)62-48-50(46-55)64-53(57)44-41-38-35-32-29-21-18-15-12-9-6-3/h15,18,23-24,50-51,55H,4-14,16-17,19-22,25-49H2,1-3H3,(H,59,60)/b18-15-,24-23-. The first-order chi connectivity index (χ1) is 32.2. The minimum atomic E-state index is -4.74. The molecule has 0 aliphatic rings. The van der Waals surface area contributed by atoms with Crippen LogP contribution >= 0.6 is 7.82 Å². The number of phosphoric ester groups is 1. The van der Waals surface area contributed by atoms with Crippen molar-refractivity contribution in [2.45, 2.75) is 277 Å². The first-order valence-corrected chi connectivity index (χ1v) is 28.7. The average Bonchev–Trinajstić information content (AvgIpc) is 3.30. The SMILES string of the molecule is CCCC/C=C\CCCCCCCC(=O)OC(CO)COP(=O)(O)OCC(COC(=O)CCCCCCCCCCCCC)OC(=O)CCCCCCCCC/C=C\CCCCCCCC. The highest BCUT2D eigenvalue weighted by Crippen LogP contribution is 2.43. The number of esters is 3. The van der Waals surface area contributed by atoms with Crippen molar-refractivity contribution < 1.29 is 52.2 Å². The smallest absolute Gasteiger partial charge is 0.462 e. The molecular formula is C54H101O11P. The van der Waals surface area contributed by atoms with Crippen LogP contribution in [-0.4, -0.2) is 66.5 Å². The number of aliphatic hydroxyl groups excluding tert-OH is 1. The molecule has 0 aromatic heterocycles. The second-order valence-electron chi connectivity index (χ2n) is 18.4. The molecule has 0 aromatic carbocycles. The third kappa shape index (κ3) is 47.0. The van der Waals surface area contributed by atoms with E-state index in [9.17, 15) is 28.9 Å². The number of carbonyl (C=O) groups is 3. The lowest BCUT2D eigenvalue weighted by molar-refractivity contribution is -0.161. The lowest BCUT2D eigenvalue weighted by atomic mass is 10.1. The van der Waals surface area contributed by atoms with E-state index in [0.717, 1.165) is 83.5 Å². The van der Waals surface area contributed by atoms with Gasteiger partial charge < -0.3 is 24.2 Å². The number of phosphoric acid groups is 1. The molecule has 2 N–H and O–H groups in total. The van der Waals surface area contributed by atoms with E-state index in [-0.39, 0.29) is 25.9 Å². The minimum absolute atomic E-state index is 0.167. The minimum Gasteiger partial charge on any atom is -0.462 e. The quantitative estimate of drug-likeness (QED) is 0.0197. The van der Waals surface area contributed by atoms with Crippen LogP contribution in [0.5, 0.6) is 0 Å². The van der Waals surface area contributed by atoms with E-state index in [1.165, 1.54) is 122 Å². The van der Waals surface area contributed by atoms with Crippen molar-refractivity contribution in [2.24, 2.45) is 0 Å². The summed E-state index contributed by atoms with van der Waals surface area (Å²) in [6, 6.07) is 0. The van der Waals surface area contributed by atoms with E-state index in [0.29, 0.717) is 19.3 Å². The van der Waals surface area contributed by atoms with Crippen LogP contribution in [0.2, 0.25) is 0 Å². The average molecular weight is 957 g/mol. The first kappa shape index (κ1) is 64.0. The summed E-state index contributed by atoms with van der Waals surface area (Å²) in [4.78, 5) is 48.3. The predicted octanol–water partition coefficient (Wildman–Crippen LogP) is 15.5. The molecular weight excluding hydrogens is 856 g/mol. The van der Waals surface area contributed by atoms with E-state index >= 15 is 0 Å². The summed E-state index contributed by atoms with van der Waals surface area (Å²) in [5.41, 5.74) is 0. The molecule has 0 bridgehead atoms. The molecule has 3 unspecified atom stereocenters. The maximum absolute atomic E-state index is 12.9. The Hall–Kier alpha value is -2.04. The molecule has 0 aromatic rings. The first-order valence-electron chi connectivity index (χ1n) is 27.2. The lowest BCUT2D eigenvalue weighted by Crippen LogP contribution is -2.30. The van der Waals surface area contributed by atoms with Gasteiger partial charge in [-0.2, -0.15) is 0 Å². The van der Waals surface area contributed by atoms with Gasteiger partial charge in [-0.25, -0.2) is 4.57 Å². The third-order valence-electron chi connectivity index (χ3n) is 11.8. The Kier molecular flexibility index (Phi) is 47.9. The van der Waals surface area contributed by atoms with Gasteiger partial charge in [0.05, 0.1) is 19.8 Å². The lowest BCUT2D eigenvalue weighted by Gasteiger charge is -2.21. The monoisotopic (exact) mass is 957 g/mol. The summed E-state index contributed by atoms with van der Waals surface area (Å²) >= 11 is 0. The fourth-order valence-electron chi connectivity index (χ4n) is 7.63. The van der Waals surface area contributed by atoms with Crippen molar-refractivity contribution in [3.05, 3.63) is 24.3 Å². The van der Waals surface area contributed by atoms with Crippen molar-refractivity contribution in [3.8, 4) is 0 Å². The summed E-state index contributed by atoms with van der Waals surface area (Å²) in [7, 11) is -4.74. The maximum atomic E-state index is 12.9. The fourth-order valence-corrected chi connectivity index (χ4v) is 8.41. The van der Waals surface area contributed by atoms with Crippen molar-refractivity contribution in [1.29, 1.82) is 0 Å². The van der Waals surface area contributed by atoms with Crippen molar-refractivity contribution in [1.82, 2.24) is 0 Å². The van der Waals surface area contributed by atoms with Crippen LogP contribution in [0.1, 0.15) is 265 Å². The van der Waals surface area contributed by atoms with Gasteiger partial charge in [0.15, 0.2) is 6.10 Å². The second kappa shape index (κ2) is 49.4. The third-order valence-corrected chi connectivity index (χ3v) is 12.8.